The number of carbonyl (C=O) groups is 2. The minimum atomic E-state index is -4.01. The third-order valence-corrected chi connectivity index (χ3v) is 9.64. The molecule has 0 aliphatic carbocycles. The van der Waals surface area contributed by atoms with Crippen LogP contribution >= 0.6 is 34.5 Å². The van der Waals surface area contributed by atoms with Gasteiger partial charge in [0.05, 0.1) is 34.5 Å². The molecule has 1 aromatic heterocycles. The maximum atomic E-state index is 13.1. The summed E-state index contributed by atoms with van der Waals surface area (Å²) in [6.07, 6.45) is 0. The first kappa shape index (κ1) is 29.2. The van der Waals surface area contributed by atoms with Gasteiger partial charge in [0.1, 0.15) is 4.90 Å². The molecular weight excluding hydrogens is 609 g/mol. The van der Waals surface area contributed by atoms with Crippen molar-refractivity contribution in [3.05, 3.63) is 87.7 Å². The maximum Gasteiger partial charge on any atom is 0.340 e. The Labute approximate surface area is 250 Å². The summed E-state index contributed by atoms with van der Waals surface area (Å²) in [7, 11) is -4.01. The van der Waals surface area contributed by atoms with Gasteiger partial charge in [-0.05, 0) is 23.3 Å². The zero-order valence-electron chi connectivity index (χ0n) is 21.4. The number of thiazole rings is 1. The Morgan fingerprint density at radius 1 is 0.951 bits per heavy atom. The topological polar surface area (TPSA) is 115 Å². The lowest BCUT2D eigenvalue weighted by Crippen LogP contribution is -2.40. The van der Waals surface area contributed by atoms with Crippen LogP contribution in [0.25, 0.3) is 22.4 Å². The van der Waals surface area contributed by atoms with Gasteiger partial charge in [-0.1, -0.05) is 77.8 Å². The van der Waals surface area contributed by atoms with Crippen molar-refractivity contribution in [2.45, 2.75) is 4.90 Å². The summed E-state index contributed by atoms with van der Waals surface area (Å²) in [5.41, 5.74) is 3.52. The molecule has 0 radical (unpaired) electrons. The first-order valence-electron chi connectivity index (χ1n) is 12.4. The molecular formula is C28H23Cl2N3O6S2. The van der Waals surface area contributed by atoms with Crippen LogP contribution in [-0.2, 0) is 24.3 Å². The van der Waals surface area contributed by atoms with Crippen LogP contribution in [0.5, 0.6) is 0 Å². The summed E-state index contributed by atoms with van der Waals surface area (Å²) >= 11 is 13.6. The minimum absolute atomic E-state index is 0.107. The fraction of sp³-hybridized carbons (Fsp3) is 0.179. The molecule has 212 valence electrons. The van der Waals surface area contributed by atoms with Crippen molar-refractivity contribution < 1.29 is 27.5 Å². The van der Waals surface area contributed by atoms with E-state index in [4.69, 9.17) is 32.7 Å². The third kappa shape index (κ3) is 6.78. The Kier molecular flexibility index (Phi) is 9.03. The largest absolute Gasteiger partial charge is 0.452 e. The average Bonchev–Trinajstić information content (AvgIpc) is 3.45. The molecule has 0 saturated carbocycles. The predicted molar refractivity (Wildman–Crippen MR) is 158 cm³/mol. The molecule has 1 N–H and O–H groups in total. The molecule has 1 amide bonds. The number of esters is 1. The summed E-state index contributed by atoms with van der Waals surface area (Å²) in [4.78, 5) is 29.4. The van der Waals surface area contributed by atoms with Gasteiger partial charge >= 0.3 is 5.97 Å². The summed E-state index contributed by atoms with van der Waals surface area (Å²) in [5.74, 6) is -1.59. The number of hydrogen-bond donors (Lipinski definition) is 1. The number of sulfonamides is 1. The van der Waals surface area contributed by atoms with Gasteiger partial charge in [-0.3, -0.25) is 10.1 Å². The lowest BCUT2D eigenvalue weighted by molar-refractivity contribution is -0.119. The van der Waals surface area contributed by atoms with E-state index in [1.807, 2.05) is 60.0 Å². The molecule has 0 unspecified atom stereocenters. The van der Waals surface area contributed by atoms with Gasteiger partial charge in [-0.2, -0.15) is 4.31 Å². The normalized spacial score (nSPS) is 14.0. The zero-order valence-corrected chi connectivity index (χ0v) is 24.5. The van der Waals surface area contributed by atoms with Gasteiger partial charge in [0.15, 0.2) is 11.7 Å². The van der Waals surface area contributed by atoms with E-state index in [0.29, 0.717) is 10.8 Å². The van der Waals surface area contributed by atoms with Gasteiger partial charge in [0, 0.05) is 24.0 Å². The van der Waals surface area contributed by atoms with Gasteiger partial charge in [-0.15, -0.1) is 11.3 Å². The van der Waals surface area contributed by atoms with Crippen molar-refractivity contribution in [1.82, 2.24) is 9.29 Å². The van der Waals surface area contributed by atoms with Gasteiger partial charge < -0.3 is 9.47 Å². The molecule has 3 aromatic carbocycles. The van der Waals surface area contributed by atoms with Crippen molar-refractivity contribution in [2.75, 3.05) is 38.2 Å². The highest BCUT2D eigenvalue weighted by molar-refractivity contribution is 7.89. The molecule has 0 bridgehead atoms. The second-order valence-electron chi connectivity index (χ2n) is 8.88. The summed E-state index contributed by atoms with van der Waals surface area (Å²) in [6.45, 7) is 0.159. The van der Waals surface area contributed by atoms with Gasteiger partial charge in [0.2, 0.25) is 10.0 Å². The van der Waals surface area contributed by atoms with Crippen LogP contribution in [-0.4, -0.2) is 62.5 Å². The number of hydrogen-bond acceptors (Lipinski definition) is 8. The molecule has 4 aromatic rings. The highest BCUT2D eigenvalue weighted by Gasteiger charge is 2.30. The van der Waals surface area contributed by atoms with E-state index in [2.05, 4.69) is 10.3 Å². The summed E-state index contributed by atoms with van der Waals surface area (Å²) in [5, 5.41) is 4.50. The fourth-order valence-corrected chi connectivity index (χ4v) is 7.07. The minimum Gasteiger partial charge on any atom is -0.452 e. The van der Waals surface area contributed by atoms with E-state index in [-0.39, 0.29) is 46.8 Å². The van der Waals surface area contributed by atoms with E-state index in [1.165, 1.54) is 15.6 Å². The number of halogens is 2. The zero-order chi connectivity index (χ0) is 29.0. The van der Waals surface area contributed by atoms with Crippen molar-refractivity contribution in [1.29, 1.82) is 0 Å². The SMILES string of the molecule is O=C(COC(=O)c1cc(S(=O)(=O)N2CCOCC2)c(Cl)cc1Cl)Nc1nc(-c2ccc(-c3ccccc3)cc2)cs1. The number of morpholine rings is 1. The molecule has 9 nitrogen and oxygen atoms in total. The van der Waals surface area contributed by atoms with Gasteiger partial charge in [0.25, 0.3) is 5.91 Å². The highest BCUT2D eigenvalue weighted by atomic mass is 35.5. The molecule has 0 spiro atoms. The smallest absolute Gasteiger partial charge is 0.340 e. The molecule has 1 fully saturated rings. The van der Waals surface area contributed by atoms with E-state index in [0.717, 1.165) is 28.8 Å². The number of amides is 1. The van der Waals surface area contributed by atoms with Crippen LogP contribution in [0.4, 0.5) is 5.13 Å². The molecule has 13 heteroatoms. The summed E-state index contributed by atoms with van der Waals surface area (Å²) in [6, 6.07) is 20.1. The number of rotatable bonds is 8. The number of ether oxygens (including phenoxy) is 2. The molecule has 1 saturated heterocycles. The van der Waals surface area contributed by atoms with E-state index in [9.17, 15) is 18.0 Å². The fourth-order valence-electron chi connectivity index (χ4n) is 4.10. The first-order valence-corrected chi connectivity index (χ1v) is 15.5. The van der Waals surface area contributed by atoms with Crippen molar-refractivity contribution in [3.63, 3.8) is 0 Å². The Morgan fingerprint density at radius 3 is 2.32 bits per heavy atom. The second-order valence-corrected chi connectivity index (χ2v) is 12.5. The number of nitrogens with zero attached hydrogens (tertiary/aromatic N) is 2. The number of nitrogens with one attached hydrogen (secondary N) is 1. The van der Waals surface area contributed by atoms with E-state index in [1.54, 1.807) is 0 Å². The van der Waals surface area contributed by atoms with E-state index < -0.39 is 28.5 Å². The standard InChI is InChI=1S/C28H23Cl2N3O6S2/c29-22-15-23(30)25(41(36,37)33-10-12-38-13-11-33)14-21(22)27(35)39-16-26(34)32-28-31-24(17-40-28)20-8-6-19(7-9-20)18-4-2-1-3-5-18/h1-9,14-15,17H,10-13,16H2,(H,31,32,34). The lowest BCUT2D eigenvalue weighted by atomic mass is 10.0. The highest BCUT2D eigenvalue weighted by Crippen LogP contribution is 2.32. The van der Waals surface area contributed by atoms with Gasteiger partial charge in [-0.25, -0.2) is 18.2 Å². The van der Waals surface area contributed by atoms with Crippen molar-refractivity contribution in [2.24, 2.45) is 0 Å². The number of anilines is 1. The van der Waals surface area contributed by atoms with Crippen LogP contribution in [0.3, 0.4) is 0 Å². The van der Waals surface area contributed by atoms with Crippen LogP contribution in [0, 0.1) is 0 Å². The Bertz CT molecular complexity index is 1670. The molecule has 1 aliphatic rings. The Hall–Kier alpha value is -3.32. The monoisotopic (exact) mass is 631 g/mol. The second kappa shape index (κ2) is 12.7. The predicted octanol–water partition coefficient (Wildman–Crippen LogP) is 5.60. The maximum absolute atomic E-state index is 13.1. The number of aromatic nitrogens is 1. The Balaban J connectivity index is 1.21. The van der Waals surface area contributed by atoms with Crippen molar-refractivity contribution >= 4 is 61.6 Å². The van der Waals surface area contributed by atoms with Crippen LogP contribution in [0.15, 0.2) is 77.0 Å². The van der Waals surface area contributed by atoms with Crippen LogP contribution in [0.2, 0.25) is 10.0 Å². The molecule has 5 rings (SSSR count). The van der Waals surface area contributed by atoms with Crippen LogP contribution in [0.1, 0.15) is 10.4 Å². The first-order chi connectivity index (χ1) is 19.7. The van der Waals surface area contributed by atoms with E-state index >= 15 is 0 Å². The van der Waals surface area contributed by atoms with Crippen molar-refractivity contribution in [3.8, 4) is 22.4 Å². The number of carbonyl (C=O) groups excluding carboxylic acids is 2. The lowest BCUT2D eigenvalue weighted by Gasteiger charge is -2.26. The molecule has 1 aliphatic heterocycles. The van der Waals surface area contributed by atoms with Crippen LogP contribution < -0.4 is 5.32 Å². The molecule has 0 atom stereocenters. The number of benzene rings is 3. The third-order valence-electron chi connectivity index (χ3n) is 6.20. The summed E-state index contributed by atoms with van der Waals surface area (Å²) < 4.78 is 37.7. The molecule has 2 heterocycles. The Morgan fingerprint density at radius 2 is 1.61 bits per heavy atom. The quantitative estimate of drug-likeness (QED) is 0.252. The molecule has 41 heavy (non-hydrogen) atoms. The average molecular weight is 633 g/mol.